The molecule has 0 radical (unpaired) electrons. The number of rotatable bonds is 0. The molecule has 1 rings (SSSR count). The van der Waals surface area contributed by atoms with Crippen molar-refractivity contribution in [2.75, 3.05) is 6.54 Å². The van der Waals surface area contributed by atoms with Crippen molar-refractivity contribution in [3.8, 4) is 6.07 Å². The molecule has 0 aromatic carbocycles. The van der Waals surface area contributed by atoms with Crippen LogP contribution in [-0.4, -0.2) is 28.2 Å². The van der Waals surface area contributed by atoms with Crippen molar-refractivity contribution >= 4 is 6.09 Å². The van der Waals surface area contributed by atoms with E-state index in [9.17, 15) is 4.79 Å². The fourth-order valence-corrected chi connectivity index (χ4v) is 0.647. The highest BCUT2D eigenvalue weighted by atomic mass is 16.4. The van der Waals surface area contributed by atoms with Gasteiger partial charge in [0.2, 0.25) is 0 Å². The van der Waals surface area contributed by atoms with Gasteiger partial charge in [-0.2, -0.15) is 5.26 Å². The average Bonchev–Trinajstić information content (AvgIpc) is 2.44. The Balaban J connectivity index is 2.61. The van der Waals surface area contributed by atoms with Crippen molar-refractivity contribution in [3.63, 3.8) is 0 Å². The molecule has 1 unspecified atom stereocenters. The van der Waals surface area contributed by atoms with Gasteiger partial charge in [0.15, 0.2) is 0 Å². The highest BCUT2D eigenvalue weighted by molar-refractivity contribution is 5.71. The van der Waals surface area contributed by atoms with E-state index in [1.54, 1.807) is 6.92 Å². The lowest BCUT2D eigenvalue weighted by molar-refractivity contribution is 0.174. The molecule has 1 heterocycles. The minimum absolute atomic E-state index is 0.346. The molecule has 0 saturated carbocycles. The van der Waals surface area contributed by atoms with Crippen LogP contribution >= 0.6 is 0 Å². The van der Waals surface area contributed by atoms with Crippen LogP contribution in [0.5, 0.6) is 0 Å². The number of carboxylic acid groups (broad SMARTS) is 1. The fraction of sp³-hybridized carbons (Fsp3) is 0.600. The zero-order valence-electron chi connectivity index (χ0n) is 4.96. The van der Waals surface area contributed by atoms with E-state index in [-0.39, 0.29) is 0 Å². The largest absolute Gasteiger partial charge is 0.465 e. The van der Waals surface area contributed by atoms with Crippen molar-refractivity contribution in [1.29, 1.82) is 5.26 Å². The summed E-state index contributed by atoms with van der Waals surface area (Å²) in [5.74, 6) is 0. The van der Waals surface area contributed by atoms with Gasteiger partial charge >= 0.3 is 6.09 Å². The van der Waals surface area contributed by atoms with Crippen LogP contribution in [-0.2, 0) is 0 Å². The van der Waals surface area contributed by atoms with Gasteiger partial charge < -0.3 is 5.11 Å². The van der Waals surface area contributed by atoms with E-state index in [4.69, 9.17) is 10.4 Å². The SMILES string of the molecule is CC1(C#N)CN1C(=O)O. The van der Waals surface area contributed by atoms with Crippen LogP contribution in [0.2, 0.25) is 0 Å². The third kappa shape index (κ3) is 0.703. The van der Waals surface area contributed by atoms with Crippen LogP contribution < -0.4 is 0 Å². The normalized spacial score (nSPS) is 31.3. The summed E-state index contributed by atoms with van der Waals surface area (Å²) >= 11 is 0. The summed E-state index contributed by atoms with van der Waals surface area (Å²) in [4.78, 5) is 11.2. The van der Waals surface area contributed by atoms with Gasteiger partial charge in [0.25, 0.3) is 0 Å². The molecule has 48 valence electrons. The Kier molecular flexibility index (Phi) is 0.901. The molecule has 1 N–H and O–H groups in total. The third-order valence-corrected chi connectivity index (χ3v) is 1.43. The van der Waals surface area contributed by atoms with E-state index in [0.29, 0.717) is 6.54 Å². The molecule has 1 amide bonds. The number of hydrogen-bond acceptors (Lipinski definition) is 2. The van der Waals surface area contributed by atoms with Gasteiger partial charge in [-0.3, -0.25) is 4.90 Å². The average molecular weight is 126 g/mol. The summed E-state index contributed by atoms with van der Waals surface area (Å²) in [5, 5.41) is 16.6. The topological polar surface area (TPSA) is 64.1 Å². The van der Waals surface area contributed by atoms with E-state index < -0.39 is 11.6 Å². The number of nitrogens with zero attached hydrogens (tertiary/aromatic N) is 2. The van der Waals surface area contributed by atoms with Crippen LogP contribution in [0.1, 0.15) is 6.92 Å². The molecular weight excluding hydrogens is 120 g/mol. The van der Waals surface area contributed by atoms with Crippen LogP contribution in [0.3, 0.4) is 0 Å². The van der Waals surface area contributed by atoms with Gasteiger partial charge in [0, 0.05) is 0 Å². The zero-order valence-corrected chi connectivity index (χ0v) is 4.96. The summed E-state index contributed by atoms with van der Waals surface area (Å²) in [6.07, 6.45) is -1.01. The summed E-state index contributed by atoms with van der Waals surface area (Å²) in [6, 6.07) is 1.89. The van der Waals surface area contributed by atoms with Crippen molar-refractivity contribution in [1.82, 2.24) is 4.90 Å². The van der Waals surface area contributed by atoms with Crippen LogP contribution in [0, 0.1) is 11.3 Å². The Morgan fingerprint density at radius 1 is 2.00 bits per heavy atom. The van der Waals surface area contributed by atoms with E-state index >= 15 is 0 Å². The molecule has 4 heteroatoms. The smallest absolute Gasteiger partial charge is 0.408 e. The molecule has 1 fully saturated rings. The minimum Gasteiger partial charge on any atom is -0.465 e. The highest BCUT2D eigenvalue weighted by Gasteiger charge is 2.52. The summed E-state index contributed by atoms with van der Waals surface area (Å²) in [6.45, 7) is 1.94. The monoisotopic (exact) mass is 126 g/mol. The van der Waals surface area contributed by atoms with Crippen LogP contribution in [0.4, 0.5) is 4.79 Å². The Labute approximate surface area is 52.3 Å². The van der Waals surface area contributed by atoms with E-state index in [2.05, 4.69) is 0 Å². The molecule has 0 aromatic rings. The number of carbonyl (C=O) groups is 1. The van der Waals surface area contributed by atoms with E-state index in [0.717, 1.165) is 4.90 Å². The Morgan fingerprint density at radius 2 is 2.56 bits per heavy atom. The first-order valence-corrected chi connectivity index (χ1v) is 2.52. The van der Waals surface area contributed by atoms with Crippen molar-refractivity contribution < 1.29 is 9.90 Å². The lowest BCUT2D eigenvalue weighted by Gasteiger charge is -1.95. The molecule has 1 aliphatic heterocycles. The molecule has 1 saturated heterocycles. The Bertz CT molecular complexity index is 196. The lowest BCUT2D eigenvalue weighted by atomic mass is 10.2. The molecule has 9 heavy (non-hydrogen) atoms. The second kappa shape index (κ2) is 1.38. The highest BCUT2D eigenvalue weighted by Crippen LogP contribution is 2.29. The number of nitriles is 1. The Morgan fingerprint density at radius 3 is 2.67 bits per heavy atom. The van der Waals surface area contributed by atoms with Crippen LogP contribution in [0.25, 0.3) is 0 Å². The van der Waals surface area contributed by atoms with Gasteiger partial charge in [-0.1, -0.05) is 0 Å². The van der Waals surface area contributed by atoms with Crippen molar-refractivity contribution in [2.45, 2.75) is 12.5 Å². The van der Waals surface area contributed by atoms with Gasteiger partial charge in [0.05, 0.1) is 12.6 Å². The first kappa shape index (κ1) is 5.89. The van der Waals surface area contributed by atoms with Crippen LogP contribution in [0.15, 0.2) is 0 Å². The molecule has 0 spiro atoms. The minimum atomic E-state index is -1.01. The molecule has 0 aliphatic carbocycles. The molecule has 4 nitrogen and oxygen atoms in total. The van der Waals surface area contributed by atoms with Gasteiger partial charge in [0.1, 0.15) is 5.54 Å². The quantitative estimate of drug-likeness (QED) is 0.473. The molecule has 0 bridgehead atoms. The molecule has 1 atom stereocenters. The second-order valence-electron chi connectivity index (χ2n) is 2.25. The predicted octanol–water partition coefficient (Wildman–Crippen LogP) is 0.262. The van der Waals surface area contributed by atoms with Gasteiger partial charge in [-0.05, 0) is 6.92 Å². The van der Waals surface area contributed by atoms with Crippen molar-refractivity contribution in [3.05, 3.63) is 0 Å². The van der Waals surface area contributed by atoms with Gasteiger partial charge in [-0.25, -0.2) is 4.79 Å². The van der Waals surface area contributed by atoms with E-state index in [1.807, 2.05) is 6.07 Å². The lowest BCUT2D eigenvalue weighted by Crippen LogP contribution is -2.16. The zero-order chi connectivity index (χ0) is 7.07. The first-order valence-electron chi connectivity index (χ1n) is 2.52. The van der Waals surface area contributed by atoms with E-state index in [1.165, 1.54) is 0 Å². The summed E-state index contributed by atoms with van der Waals surface area (Å²) in [7, 11) is 0. The Hall–Kier alpha value is -1.24. The fourth-order valence-electron chi connectivity index (χ4n) is 0.647. The first-order chi connectivity index (χ1) is 4.10. The molecule has 0 aromatic heterocycles. The van der Waals surface area contributed by atoms with Crippen molar-refractivity contribution in [2.24, 2.45) is 0 Å². The number of hydrogen-bond donors (Lipinski definition) is 1. The summed E-state index contributed by atoms with van der Waals surface area (Å²) < 4.78 is 0. The maximum Gasteiger partial charge on any atom is 0.408 e. The predicted molar refractivity (Wildman–Crippen MR) is 28.7 cm³/mol. The third-order valence-electron chi connectivity index (χ3n) is 1.43. The summed E-state index contributed by atoms with van der Waals surface area (Å²) in [5.41, 5.74) is -0.730. The maximum absolute atomic E-state index is 10.1. The second-order valence-corrected chi connectivity index (χ2v) is 2.25. The molecule has 1 aliphatic rings. The van der Waals surface area contributed by atoms with Gasteiger partial charge in [-0.15, -0.1) is 0 Å². The number of amides is 1. The molecular formula is C5H6N2O2. The maximum atomic E-state index is 10.1. The standard InChI is InChI=1S/C5H6N2O2/c1-5(2-6)3-7(5)4(8)9/h3H2,1H3,(H,8,9).